The molecule has 0 unspecified atom stereocenters. The van der Waals surface area contributed by atoms with Gasteiger partial charge in [-0.05, 0) is 48.7 Å². The molecule has 5 nitrogen and oxygen atoms in total. The van der Waals surface area contributed by atoms with Crippen LogP contribution >= 0.6 is 11.3 Å². The standard InChI is InChI=1S/C24H17N3O2S/c1-17-15-22(28)23(26-27(17)20-9-3-2-4-10-20)24(29)25-19-8-5-7-18(16-19)12-13-21-11-6-14-30-21/h2-11,14-16H,1H3,(H,25,29). The van der Waals surface area contributed by atoms with Gasteiger partial charge >= 0.3 is 0 Å². The number of carbonyl (C=O) groups is 1. The Labute approximate surface area is 177 Å². The molecule has 0 fully saturated rings. The number of amides is 1. The highest BCUT2D eigenvalue weighted by Gasteiger charge is 2.15. The minimum atomic E-state index is -0.562. The number of benzene rings is 2. The van der Waals surface area contributed by atoms with E-state index in [9.17, 15) is 9.59 Å². The van der Waals surface area contributed by atoms with Crippen LogP contribution in [0.4, 0.5) is 5.69 Å². The third-order valence-electron chi connectivity index (χ3n) is 4.29. The third-order valence-corrected chi connectivity index (χ3v) is 5.08. The van der Waals surface area contributed by atoms with E-state index in [2.05, 4.69) is 22.3 Å². The molecule has 146 valence electrons. The highest BCUT2D eigenvalue weighted by molar-refractivity contribution is 7.10. The van der Waals surface area contributed by atoms with Gasteiger partial charge in [0.05, 0.1) is 10.6 Å². The molecular formula is C24H17N3O2S. The zero-order valence-corrected chi connectivity index (χ0v) is 16.9. The molecule has 0 saturated heterocycles. The monoisotopic (exact) mass is 411 g/mol. The second kappa shape index (κ2) is 8.60. The van der Waals surface area contributed by atoms with Crippen LogP contribution in [0.1, 0.15) is 26.6 Å². The fourth-order valence-corrected chi connectivity index (χ4v) is 3.45. The van der Waals surface area contributed by atoms with Crippen LogP contribution in [0.3, 0.4) is 0 Å². The molecular weight excluding hydrogens is 394 g/mol. The van der Waals surface area contributed by atoms with Crippen molar-refractivity contribution < 1.29 is 4.79 Å². The Kier molecular flexibility index (Phi) is 5.55. The lowest BCUT2D eigenvalue weighted by Crippen LogP contribution is -2.26. The van der Waals surface area contributed by atoms with Crippen molar-refractivity contribution in [3.8, 4) is 17.5 Å². The lowest BCUT2D eigenvalue weighted by Gasteiger charge is -2.11. The molecule has 2 heterocycles. The van der Waals surface area contributed by atoms with Crippen molar-refractivity contribution >= 4 is 22.9 Å². The van der Waals surface area contributed by atoms with Gasteiger partial charge in [0, 0.05) is 23.0 Å². The first kappa shape index (κ1) is 19.4. The van der Waals surface area contributed by atoms with Crippen molar-refractivity contribution in [2.24, 2.45) is 0 Å². The van der Waals surface area contributed by atoms with Crippen LogP contribution in [-0.2, 0) is 0 Å². The van der Waals surface area contributed by atoms with Gasteiger partial charge in [0.15, 0.2) is 5.69 Å². The van der Waals surface area contributed by atoms with E-state index >= 15 is 0 Å². The zero-order valence-electron chi connectivity index (χ0n) is 16.1. The number of anilines is 1. The van der Waals surface area contributed by atoms with Crippen LogP contribution < -0.4 is 10.7 Å². The smallest absolute Gasteiger partial charge is 0.280 e. The third kappa shape index (κ3) is 4.37. The number of hydrogen-bond donors (Lipinski definition) is 1. The van der Waals surface area contributed by atoms with E-state index < -0.39 is 11.3 Å². The van der Waals surface area contributed by atoms with Gasteiger partial charge in [-0.3, -0.25) is 9.59 Å². The first-order valence-corrected chi connectivity index (χ1v) is 10.1. The van der Waals surface area contributed by atoms with Crippen molar-refractivity contribution in [1.29, 1.82) is 0 Å². The first-order valence-electron chi connectivity index (χ1n) is 9.23. The molecule has 30 heavy (non-hydrogen) atoms. The Morgan fingerprint density at radius 3 is 2.60 bits per heavy atom. The molecule has 0 saturated carbocycles. The Bertz CT molecular complexity index is 1310. The fraction of sp³-hybridized carbons (Fsp3) is 0.0417. The maximum absolute atomic E-state index is 12.8. The molecule has 0 atom stereocenters. The Morgan fingerprint density at radius 2 is 1.83 bits per heavy atom. The van der Waals surface area contributed by atoms with Gasteiger partial charge in [-0.2, -0.15) is 5.10 Å². The van der Waals surface area contributed by atoms with Gasteiger partial charge in [-0.1, -0.05) is 42.2 Å². The first-order chi connectivity index (χ1) is 14.6. The number of nitrogens with zero attached hydrogens (tertiary/aromatic N) is 2. The van der Waals surface area contributed by atoms with Crippen LogP contribution in [0.2, 0.25) is 0 Å². The maximum atomic E-state index is 12.8. The van der Waals surface area contributed by atoms with E-state index in [1.807, 2.05) is 53.9 Å². The molecule has 0 aliphatic heterocycles. The summed E-state index contributed by atoms with van der Waals surface area (Å²) in [7, 11) is 0. The van der Waals surface area contributed by atoms with Crippen LogP contribution in [0.5, 0.6) is 0 Å². The van der Waals surface area contributed by atoms with Gasteiger partial charge in [0.1, 0.15) is 0 Å². The van der Waals surface area contributed by atoms with E-state index in [1.54, 1.807) is 41.1 Å². The molecule has 0 spiro atoms. The van der Waals surface area contributed by atoms with Crippen molar-refractivity contribution in [3.05, 3.63) is 110 Å². The Hall–Kier alpha value is -3.95. The molecule has 1 N–H and O–H groups in total. The van der Waals surface area contributed by atoms with Gasteiger partial charge < -0.3 is 5.32 Å². The predicted molar refractivity (Wildman–Crippen MR) is 119 cm³/mol. The highest BCUT2D eigenvalue weighted by atomic mass is 32.1. The zero-order chi connectivity index (χ0) is 20.9. The number of para-hydroxylation sites is 1. The summed E-state index contributed by atoms with van der Waals surface area (Å²) in [5, 5.41) is 9.02. The Balaban J connectivity index is 1.60. The topological polar surface area (TPSA) is 64.0 Å². The summed E-state index contributed by atoms with van der Waals surface area (Å²) in [5.41, 5.74) is 2.14. The molecule has 1 amide bonds. The van der Waals surface area contributed by atoms with Crippen LogP contribution in [-0.4, -0.2) is 15.7 Å². The molecule has 0 bridgehead atoms. The number of carbonyl (C=O) groups excluding carboxylic acids is 1. The quantitative estimate of drug-likeness (QED) is 0.513. The molecule has 0 radical (unpaired) electrons. The molecule has 6 heteroatoms. The van der Waals surface area contributed by atoms with Crippen LogP contribution in [0, 0.1) is 18.8 Å². The highest BCUT2D eigenvalue weighted by Crippen LogP contribution is 2.13. The number of aryl methyl sites for hydroxylation is 1. The van der Waals surface area contributed by atoms with Gasteiger partial charge in [-0.15, -0.1) is 11.3 Å². The summed E-state index contributed by atoms with van der Waals surface area (Å²) < 4.78 is 1.58. The van der Waals surface area contributed by atoms with Crippen molar-refractivity contribution in [3.63, 3.8) is 0 Å². The number of thiophene rings is 1. The fourth-order valence-electron chi connectivity index (χ4n) is 2.88. The predicted octanol–water partition coefficient (Wildman–Crippen LogP) is 4.25. The van der Waals surface area contributed by atoms with E-state index in [-0.39, 0.29) is 5.69 Å². The summed E-state index contributed by atoms with van der Waals surface area (Å²) in [6, 6.07) is 21.9. The molecule has 2 aromatic heterocycles. The largest absolute Gasteiger partial charge is 0.320 e. The molecule has 4 rings (SSSR count). The molecule has 0 aliphatic rings. The summed E-state index contributed by atoms with van der Waals surface area (Å²) in [6.45, 7) is 1.78. The van der Waals surface area contributed by atoms with E-state index in [1.165, 1.54) is 6.07 Å². The number of nitrogens with one attached hydrogen (secondary N) is 1. The normalized spacial score (nSPS) is 10.2. The second-order valence-corrected chi connectivity index (χ2v) is 7.46. The summed E-state index contributed by atoms with van der Waals surface area (Å²) in [6.07, 6.45) is 0. The summed E-state index contributed by atoms with van der Waals surface area (Å²) in [4.78, 5) is 26.1. The maximum Gasteiger partial charge on any atom is 0.280 e. The lowest BCUT2D eigenvalue weighted by atomic mass is 10.2. The van der Waals surface area contributed by atoms with E-state index in [0.717, 1.165) is 16.1 Å². The van der Waals surface area contributed by atoms with Gasteiger partial charge in [0.25, 0.3) is 5.91 Å². The number of rotatable bonds is 3. The van der Waals surface area contributed by atoms with Crippen LogP contribution in [0.25, 0.3) is 5.69 Å². The van der Waals surface area contributed by atoms with Crippen LogP contribution in [0.15, 0.2) is 83.0 Å². The molecule has 4 aromatic rings. The number of hydrogen-bond acceptors (Lipinski definition) is 4. The summed E-state index contributed by atoms with van der Waals surface area (Å²) in [5.74, 6) is 5.60. The second-order valence-electron chi connectivity index (χ2n) is 6.51. The SMILES string of the molecule is Cc1cc(=O)c(C(=O)Nc2cccc(C#Cc3cccs3)c2)nn1-c1ccccc1. The molecule has 0 aliphatic carbocycles. The van der Waals surface area contributed by atoms with Crippen molar-refractivity contribution in [1.82, 2.24) is 9.78 Å². The van der Waals surface area contributed by atoms with Gasteiger partial charge in [0.2, 0.25) is 5.43 Å². The average Bonchev–Trinajstić information content (AvgIpc) is 3.27. The van der Waals surface area contributed by atoms with E-state index in [0.29, 0.717) is 11.4 Å². The van der Waals surface area contributed by atoms with Crippen molar-refractivity contribution in [2.75, 3.05) is 5.32 Å². The minimum Gasteiger partial charge on any atom is -0.320 e. The summed E-state index contributed by atoms with van der Waals surface area (Å²) >= 11 is 1.57. The average molecular weight is 411 g/mol. The molecule has 2 aromatic carbocycles. The number of aromatic nitrogens is 2. The van der Waals surface area contributed by atoms with E-state index in [4.69, 9.17) is 0 Å². The van der Waals surface area contributed by atoms with Crippen molar-refractivity contribution in [2.45, 2.75) is 6.92 Å². The van der Waals surface area contributed by atoms with Gasteiger partial charge in [-0.25, -0.2) is 4.68 Å². The minimum absolute atomic E-state index is 0.167. The lowest BCUT2D eigenvalue weighted by molar-refractivity contribution is 0.101. The Morgan fingerprint density at radius 1 is 1.00 bits per heavy atom.